The molecule has 1 saturated carbocycles. The highest BCUT2D eigenvalue weighted by Gasteiger charge is 2.22. The first-order valence-electron chi connectivity index (χ1n) is 8.35. The van der Waals surface area contributed by atoms with Crippen molar-refractivity contribution < 1.29 is 4.74 Å². The van der Waals surface area contributed by atoms with Crippen molar-refractivity contribution in [2.75, 3.05) is 19.4 Å². The summed E-state index contributed by atoms with van der Waals surface area (Å²) in [7, 11) is 2.28. The van der Waals surface area contributed by atoms with Crippen molar-refractivity contribution in [3.63, 3.8) is 0 Å². The molecular weight excluding hydrogens is 260 g/mol. The van der Waals surface area contributed by atoms with Crippen LogP contribution in [0.4, 0.5) is 5.69 Å². The highest BCUT2D eigenvalue weighted by Crippen LogP contribution is 2.26. The second-order valence-electron chi connectivity index (χ2n) is 6.32. The molecule has 118 valence electrons. The van der Waals surface area contributed by atoms with Crippen LogP contribution >= 0.6 is 0 Å². The first kappa shape index (κ1) is 16.2. The first-order valence-corrected chi connectivity index (χ1v) is 8.35. The van der Waals surface area contributed by atoms with Gasteiger partial charge in [-0.15, -0.1) is 0 Å². The van der Waals surface area contributed by atoms with Gasteiger partial charge in [0.2, 0.25) is 0 Å². The molecule has 0 aromatic heterocycles. The summed E-state index contributed by atoms with van der Waals surface area (Å²) in [4.78, 5) is 2.56. The third-order valence-electron chi connectivity index (χ3n) is 4.75. The predicted molar refractivity (Wildman–Crippen MR) is 89.8 cm³/mol. The van der Waals surface area contributed by atoms with Gasteiger partial charge >= 0.3 is 0 Å². The zero-order valence-corrected chi connectivity index (χ0v) is 13.8. The summed E-state index contributed by atoms with van der Waals surface area (Å²) < 4.78 is 5.50. The van der Waals surface area contributed by atoms with E-state index in [1.807, 2.05) is 13.0 Å². The minimum absolute atomic E-state index is 0.547. The fraction of sp³-hybridized carbons (Fsp3) is 0.667. The van der Waals surface area contributed by atoms with Gasteiger partial charge in [0.25, 0.3) is 0 Å². The van der Waals surface area contributed by atoms with Crippen LogP contribution in [0.3, 0.4) is 0 Å². The fourth-order valence-corrected chi connectivity index (χ4v) is 3.35. The van der Waals surface area contributed by atoms with Crippen LogP contribution in [-0.4, -0.2) is 30.6 Å². The fourth-order valence-electron chi connectivity index (χ4n) is 3.35. The lowest BCUT2D eigenvalue weighted by Crippen LogP contribution is -2.40. The molecule has 3 heteroatoms. The number of hydrogen-bond acceptors (Lipinski definition) is 3. The predicted octanol–water partition coefficient (Wildman–Crippen LogP) is 3.86. The lowest BCUT2D eigenvalue weighted by atomic mass is 9.93. The SMILES string of the molecule is CCOc1ccc(CC(C)N(C)C2CCCCC2)cc1N. The molecule has 1 aliphatic rings. The third kappa shape index (κ3) is 4.37. The maximum Gasteiger partial charge on any atom is 0.142 e. The Morgan fingerprint density at radius 2 is 2.00 bits per heavy atom. The summed E-state index contributed by atoms with van der Waals surface area (Å²) in [6.45, 7) is 4.96. The number of nitrogens with two attached hydrogens (primary N) is 1. The van der Waals surface area contributed by atoms with Crippen LogP contribution in [0.2, 0.25) is 0 Å². The van der Waals surface area contributed by atoms with E-state index in [1.54, 1.807) is 0 Å². The highest BCUT2D eigenvalue weighted by atomic mass is 16.5. The molecule has 1 atom stereocenters. The summed E-state index contributed by atoms with van der Waals surface area (Å²) in [6.07, 6.45) is 7.94. The number of nitrogen functional groups attached to an aromatic ring is 1. The second-order valence-corrected chi connectivity index (χ2v) is 6.32. The largest absolute Gasteiger partial charge is 0.492 e. The molecule has 0 bridgehead atoms. The quantitative estimate of drug-likeness (QED) is 0.808. The molecular formula is C18H30N2O. The van der Waals surface area contributed by atoms with Gasteiger partial charge in [-0.1, -0.05) is 25.3 Å². The van der Waals surface area contributed by atoms with Gasteiger partial charge in [-0.05, 0) is 57.9 Å². The zero-order chi connectivity index (χ0) is 15.2. The van der Waals surface area contributed by atoms with Crippen molar-refractivity contribution >= 4 is 5.69 Å². The summed E-state index contributed by atoms with van der Waals surface area (Å²) in [5.41, 5.74) is 8.11. The lowest BCUT2D eigenvalue weighted by molar-refractivity contribution is 0.145. The van der Waals surface area contributed by atoms with Crippen LogP contribution in [0.1, 0.15) is 51.5 Å². The van der Waals surface area contributed by atoms with Gasteiger partial charge in [0.15, 0.2) is 0 Å². The van der Waals surface area contributed by atoms with Gasteiger partial charge in [-0.25, -0.2) is 0 Å². The van der Waals surface area contributed by atoms with Crippen molar-refractivity contribution in [2.45, 2.75) is 64.5 Å². The molecule has 2 N–H and O–H groups in total. The standard InChI is InChI=1S/C18H30N2O/c1-4-21-18-11-10-15(13-17(18)19)12-14(2)20(3)16-8-6-5-7-9-16/h10-11,13-14,16H,4-9,12,19H2,1-3H3. The first-order chi connectivity index (χ1) is 10.1. The van der Waals surface area contributed by atoms with Crippen LogP contribution in [0.15, 0.2) is 18.2 Å². The van der Waals surface area contributed by atoms with Gasteiger partial charge in [-0.3, -0.25) is 0 Å². The summed E-state index contributed by atoms with van der Waals surface area (Å²) >= 11 is 0. The molecule has 0 amide bonds. The van der Waals surface area contributed by atoms with Crippen LogP contribution in [0.5, 0.6) is 5.75 Å². The Balaban J connectivity index is 1.95. The van der Waals surface area contributed by atoms with Crippen molar-refractivity contribution in [3.05, 3.63) is 23.8 Å². The summed E-state index contributed by atoms with van der Waals surface area (Å²) in [6, 6.07) is 7.52. The monoisotopic (exact) mass is 290 g/mol. The number of benzene rings is 1. The van der Waals surface area contributed by atoms with E-state index in [4.69, 9.17) is 10.5 Å². The van der Waals surface area contributed by atoms with Gasteiger partial charge < -0.3 is 15.4 Å². The Morgan fingerprint density at radius 1 is 1.29 bits per heavy atom. The lowest BCUT2D eigenvalue weighted by Gasteiger charge is -2.35. The summed E-state index contributed by atoms with van der Waals surface area (Å²) in [5.74, 6) is 0.800. The van der Waals surface area contributed by atoms with E-state index in [9.17, 15) is 0 Å². The van der Waals surface area contributed by atoms with Gasteiger partial charge in [-0.2, -0.15) is 0 Å². The smallest absolute Gasteiger partial charge is 0.142 e. The molecule has 1 aliphatic carbocycles. The molecule has 0 aliphatic heterocycles. The Labute approximate surface area is 129 Å². The Hall–Kier alpha value is -1.22. The van der Waals surface area contributed by atoms with E-state index < -0.39 is 0 Å². The van der Waals surface area contributed by atoms with Crippen LogP contribution in [0.25, 0.3) is 0 Å². The van der Waals surface area contributed by atoms with E-state index in [1.165, 1.54) is 37.7 Å². The Kier molecular flexibility index (Phi) is 5.92. The molecule has 0 heterocycles. The number of hydrogen-bond donors (Lipinski definition) is 1. The molecule has 1 fully saturated rings. The zero-order valence-electron chi connectivity index (χ0n) is 13.8. The molecule has 1 unspecified atom stereocenters. The van der Waals surface area contributed by atoms with Gasteiger partial charge in [0.05, 0.1) is 12.3 Å². The van der Waals surface area contributed by atoms with Crippen LogP contribution in [-0.2, 0) is 6.42 Å². The van der Waals surface area contributed by atoms with E-state index >= 15 is 0 Å². The van der Waals surface area contributed by atoms with Gasteiger partial charge in [0, 0.05) is 12.1 Å². The molecule has 1 aromatic rings. The van der Waals surface area contributed by atoms with E-state index in [-0.39, 0.29) is 0 Å². The second kappa shape index (κ2) is 7.69. The normalized spacial score (nSPS) is 17.9. The molecule has 1 aromatic carbocycles. The number of anilines is 1. The van der Waals surface area contributed by atoms with Crippen LogP contribution in [0, 0.1) is 0 Å². The average Bonchev–Trinajstić information content (AvgIpc) is 2.50. The van der Waals surface area contributed by atoms with Crippen molar-refractivity contribution in [3.8, 4) is 5.75 Å². The van der Waals surface area contributed by atoms with Crippen molar-refractivity contribution in [1.29, 1.82) is 0 Å². The molecule has 21 heavy (non-hydrogen) atoms. The topological polar surface area (TPSA) is 38.5 Å². The number of ether oxygens (including phenoxy) is 1. The maximum atomic E-state index is 6.06. The number of rotatable bonds is 6. The van der Waals surface area contributed by atoms with E-state index in [0.29, 0.717) is 12.6 Å². The summed E-state index contributed by atoms with van der Waals surface area (Å²) in [5, 5.41) is 0. The minimum atomic E-state index is 0.547. The molecule has 0 saturated heterocycles. The Morgan fingerprint density at radius 3 is 2.62 bits per heavy atom. The molecule has 2 rings (SSSR count). The number of nitrogens with zero attached hydrogens (tertiary/aromatic N) is 1. The molecule has 0 radical (unpaired) electrons. The molecule has 3 nitrogen and oxygen atoms in total. The van der Waals surface area contributed by atoms with E-state index in [0.717, 1.165) is 23.9 Å². The van der Waals surface area contributed by atoms with Crippen molar-refractivity contribution in [1.82, 2.24) is 4.90 Å². The maximum absolute atomic E-state index is 6.06. The average molecular weight is 290 g/mol. The van der Waals surface area contributed by atoms with E-state index in [2.05, 4.69) is 31.0 Å². The minimum Gasteiger partial charge on any atom is -0.492 e. The van der Waals surface area contributed by atoms with Crippen LogP contribution < -0.4 is 10.5 Å². The molecule has 0 spiro atoms. The highest BCUT2D eigenvalue weighted by molar-refractivity contribution is 5.54. The Bertz CT molecular complexity index is 441. The number of likely N-dealkylation sites (N-methyl/N-ethyl adjacent to an activating group) is 1. The van der Waals surface area contributed by atoms with Crippen molar-refractivity contribution in [2.24, 2.45) is 0 Å². The van der Waals surface area contributed by atoms with Gasteiger partial charge in [0.1, 0.15) is 5.75 Å². The third-order valence-corrected chi connectivity index (χ3v) is 4.75.